The predicted molar refractivity (Wildman–Crippen MR) is 80.5 cm³/mol. The van der Waals surface area contributed by atoms with Crippen molar-refractivity contribution in [1.29, 1.82) is 0 Å². The van der Waals surface area contributed by atoms with Crippen LogP contribution < -0.4 is 5.32 Å². The van der Waals surface area contributed by atoms with Gasteiger partial charge in [-0.15, -0.1) is 0 Å². The summed E-state index contributed by atoms with van der Waals surface area (Å²) in [5, 5.41) is 3.59. The van der Waals surface area contributed by atoms with Crippen LogP contribution in [0.15, 0.2) is 0 Å². The van der Waals surface area contributed by atoms with Crippen LogP contribution in [0.2, 0.25) is 0 Å². The van der Waals surface area contributed by atoms with Crippen molar-refractivity contribution >= 4 is 0 Å². The monoisotopic (exact) mass is 268 g/mol. The minimum absolute atomic E-state index is 0.448. The minimum atomic E-state index is 0.448. The molecule has 0 bridgehead atoms. The zero-order valence-electron chi connectivity index (χ0n) is 13.1. The molecule has 0 aromatic carbocycles. The van der Waals surface area contributed by atoms with Gasteiger partial charge in [0.2, 0.25) is 0 Å². The first-order valence-electron chi connectivity index (χ1n) is 8.18. The molecule has 0 amide bonds. The highest BCUT2D eigenvalue weighted by Crippen LogP contribution is 2.33. The highest BCUT2D eigenvalue weighted by molar-refractivity contribution is 4.90. The topological polar surface area (TPSA) is 24.5 Å². The maximum Gasteiger partial charge on any atom is 0.0472 e. The van der Waals surface area contributed by atoms with Gasteiger partial charge in [0.25, 0.3) is 0 Å². The van der Waals surface area contributed by atoms with Gasteiger partial charge in [0.05, 0.1) is 0 Å². The molecule has 0 spiro atoms. The van der Waals surface area contributed by atoms with E-state index in [9.17, 15) is 0 Å². The number of nitrogens with zero attached hydrogens (tertiary/aromatic N) is 1. The third kappa shape index (κ3) is 4.17. The molecule has 2 aliphatic rings. The molecule has 0 saturated carbocycles. The molecule has 0 aromatic rings. The summed E-state index contributed by atoms with van der Waals surface area (Å²) in [5.41, 5.74) is 0.448. The number of hydrogen-bond acceptors (Lipinski definition) is 3. The van der Waals surface area contributed by atoms with Crippen LogP contribution in [-0.4, -0.2) is 50.3 Å². The van der Waals surface area contributed by atoms with Gasteiger partial charge in [-0.05, 0) is 57.0 Å². The first-order valence-corrected chi connectivity index (χ1v) is 8.18. The van der Waals surface area contributed by atoms with Crippen molar-refractivity contribution in [3.8, 4) is 0 Å². The highest BCUT2D eigenvalue weighted by Gasteiger charge is 2.36. The first-order chi connectivity index (χ1) is 9.15. The molecule has 1 N–H and O–H groups in total. The summed E-state index contributed by atoms with van der Waals surface area (Å²) < 4.78 is 5.59. The zero-order valence-corrected chi connectivity index (χ0v) is 13.1. The summed E-state index contributed by atoms with van der Waals surface area (Å²) in [6.07, 6.45) is 5.18. The summed E-state index contributed by atoms with van der Waals surface area (Å²) in [4.78, 5) is 2.74. The molecular formula is C16H32N2O. The minimum Gasteiger partial charge on any atom is -0.381 e. The summed E-state index contributed by atoms with van der Waals surface area (Å²) >= 11 is 0. The van der Waals surface area contributed by atoms with E-state index in [0.717, 1.165) is 38.3 Å². The Hall–Kier alpha value is -0.120. The number of ether oxygens (including phenoxy) is 1. The molecule has 0 aromatic heterocycles. The van der Waals surface area contributed by atoms with Crippen molar-refractivity contribution in [1.82, 2.24) is 10.2 Å². The van der Waals surface area contributed by atoms with Crippen LogP contribution in [0, 0.1) is 11.3 Å². The fraction of sp³-hybridized carbons (Fsp3) is 1.00. The highest BCUT2D eigenvalue weighted by atomic mass is 16.5. The van der Waals surface area contributed by atoms with E-state index in [1.54, 1.807) is 0 Å². The van der Waals surface area contributed by atoms with Gasteiger partial charge in [-0.25, -0.2) is 0 Å². The van der Waals surface area contributed by atoms with Gasteiger partial charge in [-0.1, -0.05) is 13.8 Å². The molecule has 2 atom stereocenters. The lowest BCUT2D eigenvalue weighted by Gasteiger charge is -2.45. The quantitative estimate of drug-likeness (QED) is 0.829. The normalized spacial score (nSPS) is 32.4. The van der Waals surface area contributed by atoms with Crippen molar-refractivity contribution in [3.05, 3.63) is 0 Å². The largest absolute Gasteiger partial charge is 0.381 e. The van der Waals surface area contributed by atoms with E-state index in [4.69, 9.17) is 4.74 Å². The Labute approximate surface area is 119 Å². The lowest BCUT2D eigenvalue weighted by atomic mass is 9.78. The SMILES string of the molecule is CCNCC1(CN2CCC(C)CC2C)CCOCC1. The Balaban J connectivity index is 1.94. The smallest absolute Gasteiger partial charge is 0.0472 e. The van der Waals surface area contributed by atoms with Crippen molar-refractivity contribution in [2.24, 2.45) is 11.3 Å². The number of rotatable bonds is 5. The maximum absolute atomic E-state index is 5.59. The molecule has 0 radical (unpaired) electrons. The standard InChI is InChI=1S/C16H32N2O/c1-4-17-12-16(6-9-19-10-7-16)13-18-8-5-14(2)11-15(18)3/h14-15,17H,4-13H2,1-3H3. The van der Waals surface area contributed by atoms with Crippen LogP contribution in [-0.2, 0) is 4.74 Å². The van der Waals surface area contributed by atoms with Gasteiger partial charge in [0.15, 0.2) is 0 Å². The maximum atomic E-state index is 5.59. The van der Waals surface area contributed by atoms with Crippen LogP contribution >= 0.6 is 0 Å². The fourth-order valence-corrected chi connectivity index (χ4v) is 3.71. The molecule has 2 heterocycles. The molecule has 3 nitrogen and oxygen atoms in total. The number of nitrogens with one attached hydrogen (secondary N) is 1. The van der Waals surface area contributed by atoms with Gasteiger partial charge in [0.1, 0.15) is 0 Å². The van der Waals surface area contributed by atoms with Gasteiger partial charge >= 0.3 is 0 Å². The third-order valence-corrected chi connectivity index (χ3v) is 5.12. The number of piperidine rings is 1. The Morgan fingerprint density at radius 3 is 2.63 bits per heavy atom. The Morgan fingerprint density at radius 1 is 1.26 bits per heavy atom. The summed E-state index contributed by atoms with van der Waals surface area (Å²) in [5.74, 6) is 0.908. The van der Waals surface area contributed by atoms with E-state index in [2.05, 4.69) is 31.0 Å². The van der Waals surface area contributed by atoms with E-state index in [-0.39, 0.29) is 0 Å². The first kappa shape index (κ1) is 15.3. The second-order valence-corrected chi connectivity index (χ2v) is 6.84. The fourth-order valence-electron chi connectivity index (χ4n) is 3.71. The molecule has 2 aliphatic heterocycles. The predicted octanol–water partition coefficient (Wildman–Crippen LogP) is 2.51. The lowest BCUT2D eigenvalue weighted by Crippen LogP contribution is -2.51. The molecule has 0 aliphatic carbocycles. The molecule has 2 unspecified atom stereocenters. The van der Waals surface area contributed by atoms with Crippen molar-refractivity contribution in [2.75, 3.05) is 39.4 Å². The molecule has 19 heavy (non-hydrogen) atoms. The number of hydrogen-bond donors (Lipinski definition) is 1. The average Bonchev–Trinajstić information content (AvgIpc) is 2.41. The Bertz CT molecular complexity index is 263. The van der Waals surface area contributed by atoms with E-state index in [1.165, 1.54) is 38.8 Å². The molecule has 3 heteroatoms. The van der Waals surface area contributed by atoms with Gasteiger partial charge in [-0.3, -0.25) is 0 Å². The second kappa shape index (κ2) is 7.05. The molecule has 2 saturated heterocycles. The van der Waals surface area contributed by atoms with Gasteiger partial charge in [0, 0.05) is 32.3 Å². The summed E-state index contributed by atoms with van der Waals surface area (Å²) in [6.45, 7) is 13.7. The third-order valence-electron chi connectivity index (χ3n) is 5.12. The van der Waals surface area contributed by atoms with E-state index < -0.39 is 0 Å². The second-order valence-electron chi connectivity index (χ2n) is 6.84. The van der Waals surface area contributed by atoms with Crippen molar-refractivity contribution < 1.29 is 4.74 Å². The Morgan fingerprint density at radius 2 is 2.00 bits per heavy atom. The Kier molecular flexibility index (Phi) is 5.67. The zero-order chi connectivity index (χ0) is 13.7. The number of likely N-dealkylation sites (tertiary alicyclic amines) is 1. The lowest BCUT2D eigenvalue weighted by molar-refractivity contribution is -0.0187. The van der Waals surface area contributed by atoms with Crippen LogP contribution in [0.5, 0.6) is 0 Å². The average molecular weight is 268 g/mol. The van der Waals surface area contributed by atoms with Gasteiger partial charge in [-0.2, -0.15) is 0 Å². The molecule has 2 rings (SSSR count). The molecule has 112 valence electrons. The van der Waals surface area contributed by atoms with Crippen LogP contribution in [0.3, 0.4) is 0 Å². The van der Waals surface area contributed by atoms with E-state index in [0.29, 0.717) is 5.41 Å². The van der Waals surface area contributed by atoms with E-state index in [1.807, 2.05) is 0 Å². The van der Waals surface area contributed by atoms with Crippen molar-refractivity contribution in [2.45, 2.75) is 52.5 Å². The molecule has 2 fully saturated rings. The molecular weight excluding hydrogens is 236 g/mol. The van der Waals surface area contributed by atoms with Crippen LogP contribution in [0.4, 0.5) is 0 Å². The summed E-state index contributed by atoms with van der Waals surface area (Å²) in [6, 6.07) is 0.755. The van der Waals surface area contributed by atoms with Crippen molar-refractivity contribution in [3.63, 3.8) is 0 Å². The van der Waals surface area contributed by atoms with E-state index >= 15 is 0 Å². The van der Waals surface area contributed by atoms with Gasteiger partial charge < -0.3 is 15.0 Å². The van der Waals surface area contributed by atoms with Crippen LogP contribution in [0.1, 0.15) is 46.5 Å². The summed E-state index contributed by atoms with van der Waals surface area (Å²) in [7, 11) is 0. The van der Waals surface area contributed by atoms with Crippen LogP contribution in [0.25, 0.3) is 0 Å².